The Hall–Kier alpha value is -4.14. The average molecular weight is 615 g/mol. The van der Waals surface area contributed by atoms with Crippen molar-refractivity contribution in [2.24, 2.45) is 17.3 Å². The van der Waals surface area contributed by atoms with Crippen LogP contribution in [0.15, 0.2) is 54.9 Å². The number of aliphatic carboxylic acids is 1. The molecule has 2 aliphatic rings. The first-order chi connectivity index (χ1) is 21.5. The van der Waals surface area contributed by atoms with Crippen molar-refractivity contribution in [3.63, 3.8) is 0 Å². The number of nitrogens with zero attached hydrogens (tertiary/aromatic N) is 4. The van der Waals surface area contributed by atoms with Gasteiger partial charge in [0, 0.05) is 44.2 Å². The first-order valence-corrected chi connectivity index (χ1v) is 16.0. The number of aryl methyl sites for hydroxylation is 1. The summed E-state index contributed by atoms with van der Waals surface area (Å²) in [6.07, 6.45) is 7.57. The third-order valence-electron chi connectivity index (χ3n) is 8.69. The van der Waals surface area contributed by atoms with Gasteiger partial charge in [-0.1, -0.05) is 20.8 Å². The molecule has 2 fully saturated rings. The summed E-state index contributed by atoms with van der Waals surface area (Å²) in [6, 6.07) is 13.4. The fourth-order valence-corrected chi connectivity index (χ4v) is 6.15. The first-order valence-electron chi connectivity index (χ1n) is 16.0. The molecule has 9 heteroatoms. The number of carbonyl (C=O) groups is 2. The minimum atomic E-state index is -0.771. The van der Waals surface area contributed by atoms with Gasteiger partial charge in [-0.25, -0.2) is 9.97 Å². The molecule has 240 valence electrons. The number of hydrogen-bond donors (Lipinski definition) is 1. The molecule has 1 aromatic carbocycles. The van der Waals surface area contributed by atoms with E-state index in [1.54, 1.807) is 24.4 Å². The molecule has 1 atom stereocenters. The Kier molecular flexibility index (Phi) is 9.95. The van der Waals surface area contributed by atoms with Crippen molar-refractivity contribution in [1.82, 2.24) is 9.97 Å². The molecule has 1 saturated carbocycles. The zero-order valence-corrected chi connectivity index (χ0v) is 27.2. The Morgan fingerprint density at radius 3 is 2.40 bits per heavy atom. The summed E-state index contributed by atoms with van der Waals surface area (Å²) in [5, 5.41) is 9.40. The van der Waals surface area contributed by atoms with Gasteiger partial charge in [-0.15, -0.1) is 0 Å². The number of pyridine rings is 2. The predicted octanol–water partition coefficient (Wildman–Crippen LogP) is 6.75. The molecule has 1 N–H and O–H groups in total. The maximum Gasteiger partial charge on any atom is 0.303 e. The van der Waals surface area contributed by atoms with Crippen molar-refractivity contribution in [2.45, 2.75) is 65.7 Å². The van der Waals surface area contributed by atoms with E-state index in [9.17, 15) is 14.7 Å². The number of rotatable bonds is 12. The van der Waals surface area contributed by atoms with Crippen molar-refractivity contribution >= 4 is 23.4 Å². The third-order valence-corrected chi connectivity index (χ3v) is 8.69. The maximum atomic E-state index is 14.3. The van der Waals surface area contributed by atoms with Gasteiger partial charge in [-0.05, 0) is 97.2 Å². The zero-order valence-electron chi connectivity index (χ0n) is 27.2. The van der Waals surface area contributed by atoms with Gasteiger partial charge in [0.1, 0.15) is 11.6 Å². The lowest BCUT2D eigenvalue weighted by molar-refractivity contribution is -0.137. The van der Waals surface area contributed by atoms with Gasteiger partial charge >= 0.3 is 5.97 Å². The quantitative estimate of drug-likeness (QED) is 0.239. The second kappa shape index (κ2) is 13.9. The summed E-state index contributed by atoms with van der Waals surface area (Å²) in [7, 11) is 1.64. The summed E-state index contributed by atoms with van der Waals surface area (Å²) in [6.45, 7) is 11.0. The molecule has 3 heterocycles. The first kappa shape index (κ1) is 32.3. The molecule has 1 unspecified atom stereocenters. The van der Waals surface area contributed by atoms with Crippen LogP contribution in [0.4, 0.5) is 11.5 Å². The standard InChI is InChI=1S/C36H46N4O5/c1-24-10-14-37-32(18-24)40(23-36(2,3)4)35(43)29-9-8-28(44-5)20-31(29)39-16-12-25(13-17-39)22-45-33-19-27(11-15-38-33)30(21-34(41)42)26-6-7-26/h8-11,14-15,18-20,25-26,30H,6-7,12-13,16-17,21-23H2,1-5H3,(H,41,42). The van der Waals surface area contributed by atoms with Gasteiger partial charge in [0.2, 0.25) is 5.88 Å². The Morgan fingerprint density at radius 1 is 1.02 bits per heavy atom. The largest absolute Gasteiger partial charge is 0.497 e. The molecule has 0 spiro atoms. The predicted molar refractivity (Wildman–Crippen MR) is 175 cm³/mol. The van der Waals surface area contributed by atoms with Gasteiger partial charge in [0.15, 0.2) is 0 Å². The highest BCUT2D eigenvalue weighted by molar-refractivity contribution is 6.09. The Labute approximate surface area is 266 Å². The van der Waals surface area contributed by atoms with Gasteiger partial charge in [-0.2, -0.15) is 0 Å². The number of piperidine rings is 1. The Morgan fingerprint density at radius 2 is 1.76 bits per heavy atom. The summed E-state index contributed by atoms with van der Waals surface area (Å²) in [5.41, 5.74) is 3.41. The van der Waals surface area contributed by atoms with Crippen LogP contribution in [0.3, 0.4) is 0 Å². The molecule has 45 heavy (non-hydrogen) atoms. The summed E-state index contributed by atoms with van der Waals surface area (Å²) in [4.78, 5) is 38.7. The average Bonchev–Trinajstić information content (AvgIpc) is 3.86. The number of aromatic nitrogens is 2. The van der Waals surface area contributed by atoms with E-state index in [2.05, 4.69) is 35.6 Å². The van der Waals surface area contributed by atoms with Crippen LogP contribution in [0.25, 0.3) is 0 Å². The minimum Gasteiger partial charge on any atom is -0.497 e. The molecule has 2 aromatic heterocycles. The Bertz CT molecular complexity index is 1490. The normalized spacial score (nSPS) is 16.2. The number of hydrogen-bond acceptors (Lipinski definition) is 7. The lowest BCUT2D eigenvalue weighted by Gasteiger charge is -2.36. The van der Waals surface area contributed by atoms with Crippen molar-refractivity contribution in [3.8, 4) is 11.6 Å². The van der Waals surface area contributed by atoms with Gasteiger partial charge in [-0.3, -0.25) is 14.5 Å². The molecule has 3 aromatic rings. The van der Waals surface area contributed by atoms with E-state index in [-0.39, 0.29) is 23.7 Å². The molecule has 9 nitrogen and oxygen atoms in total. The molecular formula is C36H46N4O5. The second-order valence-corrected chi connectivity index (χ2v) is 13.7. The van der Waals surface area contributed by atoms with E-state index in [1.165, 1.54) is 0 Å². The molecule has 1 amide bonds. The van der Waals surface area contributed by atoms with Gasteiger partial charge < -0.3 is 19.5 Å². The summed E-state index contributed by atoms with van der Waals surface area (Å²) >= 11 is 0. The summed E-state index contributed by atoms with van der Waals surface area (Å²) < 4.78 is 11.7. The van der Waals surface area contributed by atoms with Crippen LogP contribution in [-0.4, -0.2) is 60.3 Å². The van der Waals surface area contributed by atoms with E-state index in [1.807, 2.05) is 49.4 Å². The zero-order chi connectivity index (χ0) is 32.1. The van der Waals surface area contributed by atoms with Crippen molar-refractivity contribution < 1.29 is 24.2 Å². The lowest BCUT2D eigenvalue weighted by Crippen LogP contribution is -2.41. The fourth-order valence-electron chi connectivity index (χ4n) is 6.15. The van der Waals surface area contributed by atoms with Crippen LogP contribution in [0.1, 0.15) is 80.3 Å². The number of carboxylic acid groups (broad SMARTS) is 1. The fraction of sp³-hybridized carbons (Fsp3) is 0.500. The number of carboxylic acids is 1. The highest BCUT2D eigenvalue weighted by Crippen LogP contribution is 2.45. The van der Waals surface area contributed by atoms with Gasteiger partial charge in [0.25, 0.3) is 5.91 Å². The third kappa shape index (κ3) is 8.53. The maximum absolute atomic E-state index is 14.3. The van der Waals surface area contributed by atoms with E-state index in [0.29, 0.717) is 48.0 Å². The second-order valence-electron chi connectivity index (χ2n) is 13.7. The topological polar surface area (TPSA) is 105 Å². The van der Waals surface area contributed by atoms with E-state index < -0.39 is 5.97 Å². The van der Waals surface area contributed by atoms with Crippen LogP contribution in [-0.2, 0) is 4.79 Å². The number of amides is 1. The highest BCUT2D eigenvalue weighted by Gasteiger charge is 2.34. The molecule has 0 bridgehead atoms. The molecular weight excluding hydrogens is 568 g/mol. The highest BCUT2D eigenvalue weighted by atomic mass is 16.5. The molecule has 1 saturated heterocycles. The minimum absolute atomic E-state index is 0.0110. The van der Waals surface area contributed by atoms with Crippen LogP contribution >= 0.6 is 0 Å². The van der Waals surface area contributed by atoms with Crippen LogP contribution in [0.5, 0.6) is 11.6 Å². The van der Waals surface area contributed by atoms with Crippen molar-refractivity contribution in [3.05, 3.63) is 71.5 Å². The van der Waals surface area contributed by atoms with Crippen LogP contribution in [0.2, 0.25) is 0 Å². The number of ether oxygens (including phenoxy) is 2. The van der Waals surface area contributed by atoms with Crippen LogP contribution in [0, 0.1) is 24.2 Å². The summed E-state index contributed by atoms with van der Waals surface area (Å²) in [5.74, 6) is 1.84. The van der Waals surface area contributed by atoms with E-state index in [0.717, 1.165) is 55.6 Å². The number of carbonyl (C=O) groups excluding carboxylic acids is 1. The number of methoxy groups -OCH3 is 1. The molecule has 1 aliphatic heterocycles. The van der Waals surface area contributed by atoms with Crippen LogP contribution < -0.4 is 19.3 Å². The Balaban J connectivity index is 1.28. The van der Waals surface area contributed by atoms with E-state index in [4.69, 9.17) is 9.47 Å². The van der Waals surface area contributed by atoms with Crippen molar-refractivity contribution in [1.29, 1.82) is 0 Å². The molecule has 1 aliphatic carbocycles. The smallest absolute Gasteiger partial charge is 0.303 e. The number of benzene rings is 1. The lowest BCUT2D eigenvalue weighted by atomic mass is 9.92. The van der Waals surface area contributed by atoms with E-state index >= 15 is 0 Å². The SMILES string of the molecule is COc1ccc(C(=O)N(CC(C)(C)C)c2cc(C)ccn2)c(N2CCC(COc3cc(C(CC(=O)O)C4CC4)ccn3)CC2)c1. The number of anilines is 2. The monoisotopic (exact) mass is 614 g/mol. The molecule has 5 rings (SSSR count). The molecule has 0 radical (unpaired) electrons. The van der Waals surface area contributed by atoms with Crippen molar-refractivity contribution in [2.75, 3.05) is 43.2 Å². The van der Waals surface area contributed by atoms with Gasteiger partial charge in [0.05, 0.1) is 31.4 Å².